The molecule has 0 atom stereocenters. The van der Waals surface area contributed by atoms with E-state index in [9.17, 15) is 4.79 Å². The zero-order valence-corrected chi connectivity index (χ0v) is 17.6. The molecule has 2 rings (SSSR count). The molecule has 0 aromatic heterocycles. The minimum Gasteiger partial charge on any atom is -0.484 e. The molecule has 0 saturated carbocycles. The van der Waals surface area contributed by atoms with Crippen LogP contribution in [0.2, 0.25) is 0 Å². The lowest BCUT2D eigenvalue weighted by Gasteiger charge is -2.62. The van der Waals surface area contributed by atoms with E-state index in [0.29, 0.717) is 18.8 Å². The number of carbonyl (C=O) groups excluding carboxylic acids is 1. The Hall–Kier alpha value is -2.24. The van der Waals surface area contributed by atoms with E-state index in [2.05, 4.69) is 50.2 Å². The third kappa shape index (κ3) is 4.93. The van der Waals surface area contributed by atoms with Crippen molar-refractivity contribution in [3.05, 3.63) is 29.8 Å². The van der Waals surface area contributed by atoms with Gasteiger partial charge in [0.25, 0.3) is 5.91 Å². The predicted octanol–water partition coefficient (Wildman–Crippen LogP) is 2.79. The molecule has 1 aliphatic heterocycles. The molecule has 2 N–H and O–H groups in total. The van der Waals surface area contributed by atoms with Crippen LogP contribution in [0.3, 0.4) is 0 Å². The first-order chi connectivity index (χ1) is 12.7. The van der Waals surface area contributed by atoms with Gasteiger partial charge in [0.15, 0.2) is 12.6 Å². The smallest absolute Gasteiger partial charge is 0.257 e. The van der Waals surface area contributed by atoms with Crippen molar-refractivity contribution in [2.45, 2.75) is 53.6 Å². The van der Waals surface area contributed by atoms with Gasteiger partial charge in [0, 0.05) is 30.6 Å². The molecule has 0 radical (unpaired) electrons. The number of likely N-dealkylation sites (N-methyl/N-ethyl adjacent to an activating group) is 1. The zero-order valence-electron chi connectivity index (χ0n) is 17.6. The van der Waals surface area contributed by atoms with Gasteiger partial charge in [0.05, 0.1) is 6.54 Å². The van der Waals surface area contributed by atoms with Gasteiger partial charge in [-0.3, -0.25) is 4.79 Å². The maximum atomic E-state index is 11.5. The van der Waals surface area contributed by atoms with Gasteiger partial charge in [-0.05, 0) is 45.4 Å². The van der Waals surface area contributed by atoms with Gasteiger partial charge < -0.3 is 20.3 Å². The predicted molar refractivity (Wildman–Crippen MR) is 110 cm³/mol. The summed E-state index contributed by atoms with van der Waals surface area (Å²) in [7, 11) is 0. The van der Waals surface area contributed by atoms with Crippen LogP contribution in [0.15, 0.2) is 29.3 Å². The Labute approximate surface area is 163 Å². The molecule has 0 spiro atoms. The maximum absolute atomic E-state index is 11.5. The Kier molecular flexibility index (Phi) is 6.73. The van der Waals surface area contributed by atoms with Crippen molar-refractivity contribution in [1.82, 2.24) is 15.5 Å². The van der Waals surface area contributed by atoms with Gasteiger partial charge in [-0.2, -0.15) is 0 Å². The number of nitrogens with zero attached hydrogens (tertiary/aromatic N) is 2. The molecule has 6 nitrogen and oxygen atoms in total. The highest BCUT2D eigenvalue weighted by atomic mass is 16.5. The van der Waals surface area contributed by atoms with Crippen LogP contribution in [0.1, 0.15) is 47.1 Å². The second-order valence-corrected chi connectivity index (χ2v) is 8.09. The monoisotopic (exact) mass is 374 g/mol. The first kappa shape index (κ1) is 21.1. The van der Waals surface area contributed by atoms with Crippen molar-refractivity contribution in [2.24, 2.45) is 10.4 Å². The summed E-state index contributed by atoms with van der Waals surface area (Å²) in [6, 6.07) is 7.76. The van der Waals surface area contributed by atoms with E-state index in [4.69, 9.17) is 9.73 Å². The molecule has 1 aromatic rings. The third-order valence-corrected chi connectivity index (χ3v) is 5.53. The standard InChI is InChI=1S/C21H34N4O2/c1-7-22-18(26)14-27-17-11-9-10-16(12-17)13-24-19(23-8-2)25-15-20(3,4)21(25,5)6/h9-12H,7-8,13-15H2,1-6H3,(H,22,26)(H,23,24). The van der Waals surface area contributed by atoms with Crippen molar-refractivity contribution in [2.75, 3.05) is 26.2 Å². The molecule has 1 aliphatic rings. The molecule has 0 bridgehead atoms. The molecule has 1 aromatic carbocycles. The van der Waals surface area contributed by atoms with Crippen molar-refractivity contribution >= 4 is 11.9 Å². The average molecular weight is 375 g/mol. The molecule has 150 valence electrons. The molecular formula is C21H34N4O2. The zero-order chi connectivity index (χ0) is 20.1. The van der Waals surface area contributed by atoms with E-state index < -0.39 is 0 Å². The summed E-state index contributed by atoms with van der Waals surface area (Å²) in [4.78, 5) is 18.7. The van der Waals surface area contributed by atoms with Crippen LogP contribution < -0.4 is 15.4 Å². The normalized spacial score (nSPS) is 17.9. The highest BCUT2D eigenvalue weighted by Crippen LogP contribution is 2.46. The molecule has 6 heteroatoms. The number of aliphatic imine (C=N–C) groups is 1. The molecule has 1 saturated heterocycles. The SMILES string of the molecule is CCNC(=O)COc1cccc(CN=C(NCC)N2CC(C)(C)C2(C)C)c1. The van der Waals surface area contributed by atoms with Gasteiger partial charge in [0.2, 0.25) is 0 Å². The Morgan fingerprint density at radius 1 is 1.19 bits per heavy atom. The number of nitrogens with one attached hydrogen (secondary N) is 2. The van der Waals surface area contributed by atoms with Crippen molar-refractivity contribution in [3.8, 4) is 5.75 Å². The topological polar surface area (TPSA) is 66.0 Å². The molecule has 1 fully saturated rings. The summed E-state index contributed by atoms with van der Waals surface area (Å²) in [5.41, 5.74) is 1.37. The fourth-order valence-corrected chi connectivity index (χ4v) is 3.09. The van der Waals surface area contributed by atoms with Gasteiger partial charge in [-0.25, -0.2) is 4.99 Å². The number of likely N-dealkylation sites (tertiary alicyclic amines) is 1. The van der Waals surface area contributed by atoms with Crippen LogP contribution in [0.25, 0.3) is 0 Å². The number of hydrogen-bond acceptors (Lipinski definition) is 3. The quantitative estimate of drug-likeness (QED) is 0.569. The van der Waals surface area contributed by atoms with Crippen molar-refractivity contribution in [3.63, 3.8) is 0 Å². The van der Waals surface area contributed by atoms with E-state index >= 15 is 0 Å². The number of ether oxygens (including phenoxy) is 1. The van der Waals surface area contributed by atoms with E-state index in [-0.39, 0.29) is 23.5 Å². The number of guanidine groups is 1. The Balaban J connectivity index is 2.04. The summed E-state index contributed by atoms with van der Waals surface area (Å²) < 4.78 is 5.57. The minimum absolute atomic E-state index is 0.0280. The van der Waals surface area contributed by atoms with Crippen LogP contribution in [0.4, 0.5) is 0 Å². The van der Waals surface area contributed by atoms with Crippen LogP contribution in [-0.2, 0) is 11.3 Å². The molecular weight excluding hydrogens is 340 g/mol. The number of rotatable bonds is 7. The van der Waals surface area contributed by atoms with Crippen LogP contribution >= 0.6 is 0 Å². The fourth-order valence-electron chi connectivity index (χ4n) is 3.09. The maximum Gasteiger partial charge on any atom is 0.257 e. The average Bonchev–Trinajstić information content (AvgIpc) is 2.62. The summed E-state index contributed by atoms with van der Waals surface area (Å²) >= 11 is 0. The lowest BCUT2D eigenvalue weighted by molar-refractivity contribution is -0.122. The van der Waals surface area contributed by atoms with Crippen LogP contribution in [0.5, 0.6) is 5.75 Å². The number of benzene rings is 1. The summed E-state index contributed by atoms with van der Waals surface area (Å²) in [5.74, 6) is 1.51. The van der Waals surface area contributed by atoms with E-state index in [1.54, 1.807) is 0 Å². The van der Waals surface area contributed by atoms with Crippen molar-refractivity contribution in [1.29, 1.82) is 0 Å². The summed E-state index contributed by atoms with van der Waals surface area (Å²) in [6.07, 6.45) is 0. The Morgan fingerprint density at radius 3 is 2.48 bits per heavy atom. The second-order valence-electron chi connectivity index (χ2n) is 8.09. The third-order valence-electron chi connectivity index (χ3n) is 5.53. The summed E-state index contributed by atoms with van der Waals surface area (Å²) in [5, 5.41) is 6.13. The first-order valence-corrected chi connectivity index (χ1v) is 9.75. The van der Waals surface area contributed by atoms with Crippen molar-refractivity contribution < 1.29 is 9.53 Å². The highest BCUT2D eigenvalue weighted by molar-refractivity contribution is 5.82. The molecule has 0 unspecified atom stereocenters. The van der Waals surface area contributed by atoms with Gasteiger partial charge >= 0.3 is 0 Å². The summed E-state index contributed by atoms with van der Waals surface area (Å²) in [6.45, 7) is 16.1. The van der Waals surface area contributed by atoms with Gasteiger partial charge in [0.1, 0.15) is 5.75 Å². The van der Waals surface area contributed by atoms with E-state index in [1.165, 1.54) is 0 Å². The number of hydrogen-bond donors (Lipinski definition) is 2. The van der Waals surface area contributed by atoms with E-state index in [0.717, 1.165) is 24.6 Å². The first-order valence-electron chi connectivity index (χ1n) is 9.75. The van der Waals surface area contributed by atoms with Gasteiger partial charge in [-0.15, -0.1) is 0 Å². The number of carbonyl (C=O) groups is 1. The van der Waals surface area contributed by atoms with Crippen LogP contribution in [-0.4, -0.2) is 48.5 Å². The lowest BCUT2D eigenvalue weighted by Crippen LogP contribution is -2.72. The molecule has 1 heterocycles. The highest BCUT2D eigenvalue weighted by Gasteiger charge is 2.53. The largest absolute Gasteiger partial charge is 0.484 e. The minimum atomic E-state index is -0.113. The Bertz CT molecular complexity index is 683. The number of amides is 1. The molecule has 27 heavy (non-hydrogen) atoms. The van der Waals surface area contributed by atoms with E-state index in [1.807, 2.05) is 31.2 Å². The Morgan fingerprint density at radius 2 is 1.89 bits per heavy atom. The second kappa shape index (κ2) is 8.63. The fraction of sp³-hybridized carbons (Fsp3) is 0.619. The van der Waals surface area contributed by atoms with Gasteiger partial charge in [-0.1, -0.05) is 26.0 Å². The van der Waals surface area contributed by atoms with Crippen LogP contribution in [0, 0.1) is 5.41 Å². The molecule has 0 aliphatic carbocycles. The molecule has 1 amide bonds. The lowest BCUT2D eigenvalue weighted by atomic mass is 9.65.